The van der Waals surface area contributed by atoms with Gasteiger partial charge in [0.1, 0.15) is 0 Å². The first-order chi connectivity index (χ1) is 6.69. The molecule has 4 nitrogen and oxygen atoms in total. The van der Waals surface area contributed by atoms with Crippen LogP contribution in [0.5, 0.6) is 0 Å². The molecule has 1 aliphatic rings. The predicted molar refractivity (Wildman–Crippen MR) is 43.6 cm³/mol. The summed E-state index contributed by atoms with van der Waals surface area (Å²) < 4.78 is 60.5. The normalized spacial score (nSPS) is 19.7. The lowest BCUT2D eigenvalue weighted by Crippen LogP contribution is -2.42. The van der Waals surface area contributed by atoms with E-state index in [2.05, 4.69) is 4.74 Å². The van der Waals surface area contributed by atoms with Crippen molar-refractivity contribution in [1.82, 2.24) is 0 Å². The fourth-order valence-corrected chi connectivity index (χ4v) is 2.54. The van der Waals surface area contributed by atoms with Crippen LogP contribution in [-0.2, 0) is 19.4 Å². The van der Waals surface area contributed by atoms with Crippen molar-refractivity contribution in [3.63, 3.8) is 0 Å². The van der Waals surface area contributed by atoms with Crippen molar-refractivity contribution < 1.29 is 31.1 Å². The molecular weight excluding hydrogens is 237 g/mol. The van der Waals surface area contributed by atoms with Gasteiger partial charge in [-0.2, -0.15) is 13.2 Å². The molecule has 0 atom stereocenters. The molecule has 0 radical (unpaired) electrons. The second-order valence-electron chi connectivity index (χ2n) is 3.16. The van der Waals surface area contributed by atoms with E-state index in [0.717, 1.165) is 0 Å². The van der Waals surface area contributed by atoms with Crippen molar-refractivity contribution in [3.05, 3.63) is 0 Å². The van der Waals surface area contributed by atoms with Crippen LogP contribution in [0.2, 0.25) is 0 Å². The monoisotopic (exact) mass is 246 g/mol. The van der Waals surface area contributed by atoms with E-state index >= 15 is 0 Å². The highest BCUT2D eigenvalue weighted by molar-refractivity contribution is 7.94. The summed E-state index contributed by atoms with van der Waals surface area (Å²) in [6.07, 6.45) is -0.651. The largest absolute Gasteiger partial charge is 0.498 e. The van der Waals surface area contributed by atoms with E-state index in [1.165, 1.54) is 6.92 Å². The van der Waals surface area contributed by atoms with Gasteiger partial charge in [0.15, 0.2) is 4.75 Å². The summed E-state index contributed by atoms with van der Waals surface area (Å²) in [6, 6.07) is 0. The Bertz CT molecular complexity index is 366. The van der Waals surface area contributed by atoms with E-state index in [-0.39, 0.29) is 19.4 Å². The van der Waals surface area contributed by atoms with Crippen molar-refractivity contribution in [2.75, 3.05) is 6.61 Å². The van der Waals surface area contributed by atoms with Crippen molar-refractivity contribution in [2.45, 2.75) is 30.0 Å². The second-order valence-corrected chi connectivity index (χ2v) is 5.42. The molecule has 8 heteroatoms. The van der Waals surface area contributed by atoms with Crippen LogP contribution >= 0.6 is 0 Å². The van der Waals surface area contributed by atoms with Gasteiger partial charge < -0.3 is 4.74 Å². The Morgan fingerprint density at radius 2 is 1.87 bits per heavy atom. The molecule has 0 amide bonds. The molecule has 88 valence electrons. The van der Waals surface area contributed by atoms with Gasteiger partial charge in [0, 0.05) is 0 Å². The third kappa shape index (κ3) is 1.70. The minimum atomic E-state index is -5.46. The van der Waals surface area contributed by atoms with Crippen LogP contribution in [0.1, 0.15) is 19.8 Å². The van der Waals surface area contributed by atoms with E-state index in [1.54, 1.807) is 0 Å². The highest BCUT2D eigenvalue weighted by atomic mass is 32.2. The molecule has 0 aromatic rings. The lowest BCUT2D eigenvalue weighted by molar-refractivity contribution is -0.144. The third-order valence-electron chi connectivity index (χ3n) is 2.17. The molecule has 0 heterocycles. The maximum Gasteiger partial charge on any atom is 0.498 e. The lowest BCUT2D eigenvalue weighted by atomic mass is 10.4. The van der Waals surface area contributed by atoms with Gasteiger partial charge in [-0.3, -0.25) is 4.79 Å². The zero-order valence-corrected chi connectivity index (χ0v) is 8.61. The van der Waals surface area contributed by atoms with Gasteiger partial charge in [0.2, 0.25) is 0 Å². The van der Waals surface area contributed by atoms with Crippen LogP contribution in [0.15, 0.2) is 0 Å². The Labute approximate surface area is 84.3 Å². The molecule has 1 rings (SSSR count). The van der Waals surface area contributed by atoms with Gasteiger partial charge in [0.05, 0.1) is 6.61 Å². The summed E-state index contributed by atoms with van der Waals surface area (Å²) >= 11 is 0. The molecule has 1 fully saturated rings. The highest BCUT2D eigenvalue weighted by Gasteiger charge is 2.71. The number of hydrogen-bond acceptors (Lipinski definition) is 4. The van der Waals surface area contributed by atoms with Crippen molar-refractivity contribution in [1.29, 1.82) is 0 Å². The first kappa shape index (κ1) is 12.3. The number of rotatable bonds is 3. The van der Waals surface area contributed by atoms with Crippen molar-refractivity contribution in [3.8, 4) is 0 Å². The van der Waals surface area contributed by atoms with Crippen molar-refractivity contribution >= 4 is 15.8 Å². The number of sulfone groups is 1. The first-order valence-electron chi connectivity index (χ1n) is 4.17. The molecule has 1 saturated carbocycles. The van der Waals surface area contributed by atoms with Gasteiger partial charge >= 0.3 is 11.5 Å². The molecule has 1 aliphatic carbocycles. The number of halogens is 3. The van der Waals surface area contributed by atoms with E-state index in [9.17, 15) is 26.4 Å². The van der Waals surface area contributed by atoms with Gasteiger partial charge in [-0.1, -0.05) is 0 Å². The second kappa shape index (κ2) is 3.36. The number of ether oxygens (including phenoxy) is 1. The van der Waals surface area contributed by atoms with E-state index < -0.39 is 26.1 Å². The summed E-state index contributed by atoms with van der Waals surface area (Å²) in [7, 11) is -5.46. The SMILES string of the molecule is CCOC(=O)C1(S(=O)(=O)C(F)(F)F)CC1. The van der Waals surface area contributed by atoms with Crippen LogP contribution < -0.4 is 0 Å². The van der Waals surface area contributed by atoms with Gasteiger partial charge in [0.25, 0.3) is 9.84 Å². The van der Waals surface area contributed by atoms with Crippen LogP contribution in [-0.4, -0.2) is 31.2 Å². The summed E-state index contributed by atoms with van der Waals surface area (Å²) in [6.45, 7) is 1.25. The predicted octanol–water partition coefficient (Wildman–Crippen LogP) is 1.02. The Morgan fingerprint density at radius 1 is 1.40 bits per heavy atom. The zero-order valence-electron chi connectivity index (χ0n) is 7.80. The number of carbonyl (C=O) groups is 1. The summed E-state index contributed by atoms with van der Waals surface area (Å²) in [4.78, 5) is 11.1. The number of hydrogen-bond donors (Lipinski definition) is 0. The molecular formula is C7H9F3O4S. The topological polar surface area (TPSA) is 60.4 Å². The summed E-state index contributed by atoms with van der Waals surface area (Å²) in [5.74, 6) is -1.30. The first-order valence-corrected chi connectivity index (χ1v) is 5.65. The number of esters is 1. The highest BCUT2D eigenvalue weighted by Crippen LogP contribution is 2.50. The third-order valence-corrected chi connectivity index (χ3v) is 4.38. The Hall–Kier alpha value is -0.790. The Balaban J connectivity index is 3.03. The molecule has 0 N–H and O–H groups in total. The molecule has 15 heavy (non-hydrogen) atoms. The number of carbonyl (C=O) groups excluding carboxylic acids is 1. The van der Waals surface area contributed by atoms with Crippen LogP contribution in [0.4, 0.5) is 13.2 Å². The molecule has 0 aromatic carbocycles. The molecule has 0 bridgehead atoms. The molecule has 0 aliphatic heterocycles. The molecule has 0 saturated heterocycles. The fourth-order valence-electron chi connectivity index (χ4n) is 1.18. The fraction of sp³-hybridized carbons (Fsp3) is 0.857. The maximum atomic E-state index is 12.2. The molecule has 0 aromatic heterocycles. The van der Waals surface area contributed by atoms with E-state index in [0.29, 0.717) is 0 Å². The van der Waals surface area contributed by atoms with Crippen molar-refractivity contribution in [2.24, 2.45) is 0 Å². The van der Waals surface area contributed by atoms with Gasteiger partial charge in [-0.25, -0.2) is 8.42 Å². The smallest absolute Gasteiger partial charge is 0.465 e. The minimum Gasteiger partial charge on any atom is -0.465 e. The van der Waals surface area contributed by atoms with E-state index in [4.69, 9.17) is 0 Å². The van der Waals surface area contributed by atoms with Gasteiger partial charge in [-0.05, 0) is 19.8 Å². The lowest BCUT2D eigenvalue weighted by Gasteiger charge is -2.16. The summed E-state index contributed by atoms with van der Waals surface area (Å²) in [5.41, 5.74) is -5.41. The average molecular weight is 246 g/mol. The summed E-state index contributed by atoms with van der Waals surface area (Å²) in [5, 5.41) is 0. The Morgan fingerprint density at radius 3 is 2.13 bits per heavy atom. The van der Waals surface area contributed by atoms with Crippen LogP contribution in [0.3, 0.4) is 0 Å². The number of alkyl halides is 3. The quantitative estimate of drug-likeness (QED) is 0.697. The van der Waals surface area contributed by atoms with Crippen LogP contribution in [0.25, 0.3) is 0 Å². The van der Waals surface area contributed by atoms with Gasteiger partial charge in [-0.15, -0.1) is 0 Å². The Kier molecular flexibility index (Phi) is 2.75. The van der Waals surface area contributed by atoms with E-state index in [1.807, 2.05) is 0 Å². The zero-order chi connectivity index (χ0) is 11.9. The average Bonchev–Trinajstić information content (AvgIpc) is 2.82. The minimum absolute atomic E-state index is 0.145. The van der Waals surface area contributed by atoms with Crippen LogP contribution in [0, 0.1) is 0 Å². The molecule has 0 unspecified atom stereocenters. The molecule has 0 spiro atoms. The standard InChI is InChI=1S/C7H9F3O4S/c1-2-14-5(11)6(3-4-6)15(12,13)7(8,9)10/h2-4H2,1H3. The maximum absolute atomic E-state index is 12.2.